The molecule has 1 aromatic heterocycles. The predicted octanol–water partition coefficient (Wildman–Crippen LogP) is 4.99. The lowest BCUT2D eigenvalue weighted by Crippen LogP contribution is -2.30. The standard InChI is InChI=1S/C27H23N5O3S2/c1-18-31-32-27(37-18)30-24(33)17-36-22-14-12-21(13-15-22)28-26(35)23(16-19-8-4-2-5-9-19)29-25(34)20-10-6-3-7-11-20/h2-16H,17H2,1H3,(H,28,35)(H,29,34)(H,30,32,33)/b23-16-. The van der Waals surface area contributed by atoms with Crippen LogP contribution in [0.5, 0.6) is 0 Å². The first kappa shape index (κ1) is 25.8. The Kier molecular flexibility index (Phi) is 8.79. The van der Waals surface area contributed by atoms with Crippen molar-refractivity contribution in [2.45, 2.75) is 11.8 Å². The first-order valence-corrected chi connectivity index (χ1v) is 13.0. The van der Waals surface area contributed by atoms with E-state index in [-0.39, 0.29) is 23.3 Å². The van der Waals surface area contributed by atoms with Gasteiger partial charge in [-0.15, -0.1) is 22.0 Å². The van der Waals surface area contributed by atoms with Crippen molar-refractivity contribution in [1.82, 2.24) is 15.5 Å². The second kappa shape index (κ2) is 12.6. The van der Waals surface area contributed by atoms with Crippen LogP contribution in [0.4, 0.5) is 10.8 Å². The van der Waals surface area contributed by atoms with Crippen LogP contribution in [-0.2, 0) is 9.59 Å². The molecule has 0 atom stereocenters. The third kappa shape index (κ3) is 7.86. The highest BCUT2D eigenvalue weighted by molar-refractivity contribution is 8.00. The zero-order valence-corrected chi connectivity index (χ0v) is 21.4. The van der Waals surface area contributed by atoms with Crippen LogP contribution in [0.25, 0.3) is 6.08 Å². The molecule has 0 fully saturated rings. The van der Waals surface area contributed by atoms with E-state index in [4.69, 9.17) is 0 Å². The number of nitrogens with zero attached hydrogens (tertiary/aromatic N) is 2. The van der Waals surface area contributed by atoms with Gasteiger partial charge in [0.1, 0.15) is 10.7 Å². The average Bonchev–Trinajstić information content (AvgIpc) is 3.33. The second-order valence-electron chi connectivity index (χ2n) is 7.73. The van der Waals surface area contributed by atoms with Crippen LogP contribution < -0.4 is 16.0 Å². The van der Waals surface area contributed by atoms with Crippen molar-refractivity contribution >= 4 is 57.7 Å². The van der Waals surface area contributed by atoms with E-state index in [1.165, 1.54) is 23.1 Å². The summed E-state index contributed by atoms with van der Waals surface area (Å²) in [6, 6.07) is 25.1. The van der Waals surface area contributed by atoms with Crippen LogP contribution in [0.3, 0.4) is 0 Å². The highest BCUT2D eigenvalue weighted by Crippen LogP contribution is 2.22. The first-order valence-electron chi connectivity index (χ1n) is 11.2. The average molecular weight is 530 g/mol. The Hall–Kier alpha value is -4.28. The van der Waals surface area contributed by atoms with Crippen molar-refractivity contribution in [2.75, 3.05) is 16.4 Å². The Morgan fingerprint density at radius 2 is 1.54 bits per heavy atom. The smallest absolute Gasteiger partial charge is 0.272 e. The number of rotatable bonds is 9. The van der Waals surface area contributed by atoms with Gasteiger partial charge < -0.3 is 10.6 Å². The van der Waals surface area contributed by atoms with Gasteiger partial charge in [0.2, 0.25) is 11.0 Å². The summed E-state index contributed by atoms with van der Waals surface area (Å²) in [5.74, 6) is -0.810. The zero-order valence-electron chi connectivity index (χ0n) is 19.8. The Bertz CT molecular complexity index is 1410. The summed E-state index contributed by atoms with van der Waals surface area (Å²) in [7, 11) is 0. The van der Waals surface area contributed by atoms with Crippen molar-refractivity contribution in [3.8, 4) is 0 Å². The number of aryl methyl sites for hydroxylation is 1. The lowest BCUT2D eigenvalue weighted by Gasteiger charge is -2.12. The summed E-state index contributed by atoms with van der Waals surface area (Å²) in [5, 5.41) is 17.3. The van der Waals surface area contributed by atoms with E-state index in [0.717, 1.165) is 15.5 Å². The molecule has 3 amide bonds. The normalized spacial score (nSPS) is 11.0. The quantitative estimate of drug-likeness (QED) is 0.208. The van der Waals surface area contributed by atoms with Crippen LogP contribution in [0.2, 0.25) is 0 Å². The largest absolute Gasteiger partial charge is 0.321 e. The molecule has 0 saturated heterocycles. The molecule has 4 aromatic rings. The summed E-state index contributed by atoms with van der Waals surface area (Å²) in [4.78, 5) is 38.8. The second-order valence-corrected chi connectivity index (χ2v) is 9.96. The van der Waals surface area contributed by atoms with E-state index in [0.29, 0.717) is 16.4 Å². The maximum atomic E-state index is 13.1. The first-order chi connectivity index (χ1) is 18.0. The maximum Gasteiger partial charge on any atom is 0.272 e. The lowest BCUT2D eigenvalue weighted by molar-refractivity contribution is -0.114. The highest BCUT2D eigenvalue weighted by Gasteiger charge is 2.15. The molecule has 0 aliphatic rings. The molecule has 0 aliphatic carbocycles. The minimum atomic E-state index is -0.458. The van der Waals surface area contributed by atoms with Crippen LogP contribution >= 0.6 is 23.1 Å². The van der Waals surface area contributed by atoms with Gasteiger partial charge in [-0.05, 0) is 55.0 Å². The molecule has 1 heterocycles. The fourth-order valence-corrected chi connectivity index (χ4v) is 4.45. The summed E-state index contributed by atoms with van der Waals surface area (Å²) < 4.78 is 0. The van der Waals surface area contributed by atoms with Crippen molar-refractivity contribution in [3.63, 3.8) is 0 Å². The van der Waals surface area contributed by atoms with E-state index in [9.17, 15) is 14.4 Å². The zero-order chi connectivity index (χ0) is 26.0. The van der Waals surface area contributed by atoms with Gasteiger partial charge in [-0.25, -0.2) is 0 Å². The molecule has 186 valence electrons. The molecule has 0 radical (unpaired) electrons. The highest BCUT2D eigenvalue weighted by atomic mass is 32.2. The number of aromatic nitrogens is 2. The van der Waals surface area contributed by atoms with E-state index in [1.807, 2.05) is 55.5 Å². The van der Waals surface area contributed by atoms with Crippen LogP contribution in [0, 0.1) is 6.92 Å². The van der Waals surface area contributed by atoms with Crippen molar-refractivity contribution in [1.29, 1.82) is 0 Å². The molecule has 3 aromatic carbocycles. The minimum Gasteiger partial charge on any atom is -0.321 e. The lowest BCUT2D eigenvalue weighted by atomic mass is 10.1. The molecular weight excluding hydrogens is 506 g/mol. The molecular formula is C27H23N5O3S2. The number of hydrogen-bond donors (Lipinski definition) is 3. The molecule has 4 rings (SSSR count). The SMILES string of the molecule is Cc1nnc(NC(=O)CSc2ccc(NC(=O)/C(=C/c3ccccc3)NC(=O)c3ccccc3)cc2)s1. The van der Waals surface area contributed by atoms with Gasteiger partial charge in [0.15, 0.2) is 0 Å². The Morgan fingerprint density at radius 3 is 2.19 bits per heavy atom. The molecule has 3 N–H and O–H groups in total. The van der Waals surface area contributed by atoms with Gasteiger partial charge in [0.25, 0.3) is 11.8 Å². The molecule has 0 saturated carbocycles. The molecule has 10 heteroatoms. The van der Waals surface area contributed by atoms with Gasteiger partial charge in [0.05, 0.1) is 5.75 Å². The molecule has 0 unspecified atom stereocenters. The summed E-state index contributed by atoms with van der Waals surface area (Å²) >= 11 is 2.68. The van der Waals surface area contributed by atoms with E-state index >= 15 is 0 Å². The number of thioether (sulfide) groups is 1. The third-order valence-electron chi connectivity index (χ3n) is 4.89. The van der Waals surface area contributed by atoms with Crippen molar-refractivity contribution in [2.24, 2.45) is 0 Å². The Balaban J connectivity index is 1.39. The topological polar surface area (TPSA) is 113 Å². The number of benzene rings is 3. The van der Waals surface area contributed by atoms with Gasteiger partial charge >= 0.3 is 0 Å². The molecule has 0 aliphatic heterocycles. The summed E-state index contributed by atoms with van der Waals surface area (Å²) in [5.41, 5.74) is 1.88. The molecule has 37 heavy (non-hydrogen) atoms. The third-order valence-corrected chi connectivity index (χ3v) is 6.66. The van der Waals surface area contributed by atoms with E-state index in [2.05, 4.69) is 26.1 Å². The minimum absolute atomic E-state index is 0.113. The monoisotopic (exact) mass is 529 g/mol. The van der Waals surface area contributed by atoms with Crippen molar-refractivity contribution < 1.29 is 14.4 Å². The van der Waals surface area contributed by atoms with Gasteiger partial charge in [-0.3, -0.25) is 19.7 Å². The summed E-state index contributed by atoms with van der Waals surface area (Å²) in [6.45, 7) is 1.82. The summed E-state index contributed by atoms with van der Waals surface area (Å²) in [6.07, 6.45) is 1.62. The maximum absolute atomic E-state index is 13.1. The van der Waals surface area contributed by atoms with E-state index < -0.39 is 5.91 Å². The van der Waals surface area contributed by atoms with Crippen LogP contribution in [0.15, 0.2) is 95.5 Å². The molecule has 8 nitrogen and oxygen atoms in total. The number of carbonyl (C=O) groups is 3. The predicted molar refractivity (Wildman–Crippen MR) is 147 cm³/mol. The van der Waals surface area contributed by atoms with Crippen LogP contribution in [0.1, 0.15) is 20.9 Å². The van der Waals surface area contributed by atoms with Gasteiger partial charge in [-0.1, -0.05) is 59.9 Å². The van der Waals surface area contributed by atoms with Gasteiger partial charge in [0, 0.05) is 16.1 Å². The van der Waals surface area contributed by atoms with Crippen LogP contribution in [-0.4, -0.2) is 33.7 Å². The number of carbonyl (C=O) groups excluding carboxylic acids is 3. The number of hydrogen-bond acceptors (Lipinski definition) is 7. The van der Waals surface area contributed by atoms with Gasteiger partial charge in [-0.2, -0.15) is 0 Å². The van der Waals surface area contributed by atoms with Crippen molar-refractivity contribution in [3.05, 3.63) is 107 Å². The fraction of sp³-hybridized carbons (Fsp3) is 0.0741. The fourth-order valence-electron chi connectivity index (χ4n) is 3.14. The molecule has 0 bridgehead atoms. The molecule has 0 spiro atoms. The Labute approximate surface area is 222 Å². The number of anilines is 2. The Morgan fingerprint density at radius 1 is 0.865 bits per heavy atom. The van der Waals surface area contributed by atoms with E-state index in [1.54, 1.807) is 42.5 Å². The number of nitrogens with one attached hydrogen (secondary N) is 3. The number of amides is 3.